The van der Waals surface area contributed by atoms with Gasteiger partial charge in [-0.15, -0.1) is 0 Å². The van der Waals surface area contributed by atoms with Crippen LogP contribution in [0.2, 0.25) is 0 Å². The minimum atomic E-state index is -0.819. The first-order valence-electron chi connectivity index (χ1n) is 8.89. The number of guanidine groups is 1. The van der Waals surface area contributed by atoms with Crippen molar-refractivity contribution in [3.63, 3.8) is 0 Å². The monoisotopic (exact) mass is 389 g/mol. The van der Waals surface area contributed by atoms with Crippen LogP contribution in [0.4, 0.5) is 0 Å². The lowest BCUT2D eigenvalue weighted by atomic mass is 9.62. The molecule has 1 saturated carbocycles. The van der Waals surface area contributed by atoms with Gasteiger partial charge in [-0.05, 0) is 56.4 Å². The zero-order chi connectivity index (χ0) is 17.1. The van der Waals surface area contributed by atoms with E-state index in [0.29, 0.717) is 5.96 Å². The summed E-state index contributed by atoms with van der Waals surface area (Å²) in [6, 6.07) is 6.34. The van der Waals surface area contributed by atoms with Crippen LogP contribution >= 0.6 is 15.9 Å². The molecule has 3 aliphatic rings. The lowest BCUT2D eigenvalue weighted by molar-refractivity contribution is -0.138. The lowest BCUT2D eigenvalue weighted by Crippen LogP contribution is -2.52. The average molecular weight is 390 g/mol. The molecule has 24 heavy (non-hydrogen) atoms. The first-order valence-corrected chi connectivity index (χ1v) is 9.68. The van der Waals surface area contributed by atoms with Crippen LogP contribution in [-0.2, 0) is 16.8 Å². The van der Waals surface area contributed by atoms with E-state index in [0.717, 1.165) is 29.3 Å². The molecule has 1 aliphatic heterocycles. The van der Waals surface area contributed by atoms with E-state index in [2.05, 4.69) is 34.1 Å². The second kappa shape index (κ2) is 5.32. The van der Waals surface area contributed by atoms with E-state index < -0.39 is 5.54 Å². The summed E-state index contributed by atoms with van der Waals surface area (Å²) in [5.41, 5.74) is 7.65. The number of aliphatic imine (C=N–C) groups is 1. The summed E-state index contributed by atoms with van der Waals surface area (Å²) in [5, 5.41) is 0. The summed E-state index contributed by atoms with van der Waals surface area (Å²) in [7, 11) is 0. The number of fused-ring (bicyclic) bond motifs is 3. The smallest absolute Gasteiger partial charge is 0.262 e. The van der Waals surface area contributed by atoms with Crippen LogP contribution in [-0.4, -0.2) is 22.8 Å². The fraction of sp³-hybridized carbons (Fsp3) is 0.579. The SMILES string of the molecule is CC(C)N1C(=O)C2(N=C1N)c1cc(Br)ccc1CC21CCCCC1. The van der Waals surface area contributed by atoms with E-state index in [4.69, 9.17) is 10.7 Å². The Labute approximate surface area is 151 Å². The highest BCUT2D eigenvalue weighted by Gasteiger charge is 2.66. The van der Waals surface area contributed by atoms with E-state index in [-0.39, 0.29) is 17.4 Å². The number of nitrogens with zero attached hydrogens (tertiary/aromatic N) is 2. The molecule has 0 aromatic heterocycles. The molecular formula is C19H24BrN3O. The molecule has 0 bridgehead atoms. The molecule has 4 nitrogen and oxygen atoms in total. The van der Waals surface area contributed by atoms with E-state index in [9.17, 15) is 4.79 Å². The predicted octanol–water partition coefficient (Wildman–Crippen LogP) is 3.72. The summed E-state index contributed by atoms with van der Waals surface area (Å²) in [5.74, 6) is 0.460. The van der Waals surface area contributed by atoms with E-state index in [1.54, 1.807) is 4.90 Å². The van der Waals surface area contributed by atoms with Crippen molar-refractivity contribution in [1.82, 2.24) is 4.90 Å². The number of nitrogens with two attached hydrogens (primary N) is 1. The molecule has 128 valence electrons. The van der Waals surface area contributed by atoms with Gasteiger partial charge >= 0.3 is 0 Å². The molecule has 5 heteroatoms. The Morgan fingerprint density at radius 1 is 1.25 bits per heavy atom. The Morgan fingerprint density at radius 2 is 1.96 bits per heavy atom. The molecule has 2 N–H and O–H groups in total. The minimum Gasteiger partial charge on any atom is -0.369 e. The number of hydrogen-bond acceptors (Lipinski definition) is 3. The van der Waals surface area contributed by atoms with Crippen molar-refractivity contribution in [2.45, 2.75) is 64.0 Å². The normalized spacial score (nSPS) is 28.1. The molecule has 1 amide bonds. The van der Waals surface area contributed by atoms with Crippen molar-refractivity contribution in [3.05, 3.63) is 33.8 Å². The molecule has 1 heterocycles. The number of amides is 1. The van der Waals surface area contributed by atoms with Crippen molar-refractivity contribution in [2.24, 2.45) is 16.1 Å². The number of hydrogen-bond donors (Lipinski definition) is 1. The molecule has 2 spiro atoms. The maximum atomic E-state index is 13.6. The second-order valence-corrected chi connectivity index (χ2v) is 8.68. The molecule has 1 fully saturated rings. The van der Waals surface area contributed by atoms with Crippen molar-refractivity contribution in [3.8, 4) is 0 Å². The van der Waals surface area contributed by atoms with E-state index in [1.807, 2.05) is 13.8 Å². The highest BCUT2D eigenvalue weighted by molar-refractivity contribution is 9.10. The highest BCUT2D eigenvalue weighted by Crippen LogP contribution is 2.62. The summed E-state index contributed by atoms with van der Waals surface area (Å²) in [4.78, 5) is 20.3. The van der Waals surface area contributed by atoms with Crippen LogP contribution in [0.5, 0.6) is 0 Å². The topological polar surface area (TPSA) is 58.7 Å². The van der Waals surface area contributed by atoms with Crippen molar-refractivity contribution < 1.29 is 4.79 Å². The molecule has 0 radical (unpaired) electrons. The first-order chi connectivity index (χ1) is 11.4. The van der Waals surface area contributed by atoms with Crippen LogP contribution in [0.1, 0.15) is 57.1 Å². The molecule has 1 unspecified atom stereocenters. The Bertz CT molecular complexity index is 736. The second-order valence-electron chi connectivity index (χ2n) is 7.77. The molecule has 2 aliphatic carbocycles. The van der Waals surface area contributed by atoms with E-state index >= 15 is 0 Å². The summed E-state index contributed by atoms with van der Waals surface area (Å²) in [6.45, 7) is 4.01. The fourth-order valence-corrected chi connectivity index (χ4v) is 5.52. The minimum absolute atomic E-state index is 0.0254. The van der Waals surface area contributed by atoms with Gasteiger partial charge in [0, 0.05) is 15.9 Å². The summed E-state index contributed by atoms with van der Waals surface area (Å²) >= 11 is 3.58. The van der Waals surface area contributed by atoms with Gasteiger partial charge in [-0.2, -0.15) is 0 Å². The molecule has 1 aromatic rings. The van der Waals surface area contributed by atoms with Gasteiger partial charge in [0.2, 0.25) is 0 Å². The number of carbonyl (C=O) groups excluding carboxylic acids is 1. The maximum absolute atomic E-state index is 13.6. The molecular weight excluding hydrogens is 366 g/mol. The van der Waals surface area contributed by atoms with Crippen LogP contribution in [0.25, 0.3) is 0 Å². The van der Waals surface area contributed by atoms with Gasteiger partial charge in [0.1, 0.15) is 0 Å². The quantitative estimate of drug-likeness (QED) is 0.795. The third-order valence-corrected chi connectivity index (χ3v) is 6.64. The van der Waals surface area contributed by atoms with Crippen molar-refractivity contribution in [1.29, 1.82) is 0 Å². The maximum Gasteiger partial charge on any atom is 0.262 e. The highest BCUT2D eigenvalue weighted by atomic mass is 79.9. The molecule has 0 saturated heterocycles. The van der Waals surface area contributed by atoms with Crippen LogP contribution in [0, 0.1) is 5.41 Å². The van der Waals surface area contributed by atoms with Crippen molar-refractivity contribution >= 4 is 27.8 Å². The zero-order valence-electron chi connectivity index (χ0n) is 14.3. The Balaban J connectivity index is 1.96. The Hall–Kier alpha value is -1.36. The third kappa shape index (κ3) is 1.91. The van der Waals surface area contributed by atoms with Gasteiger partial charge in [-0.3, -0.25) is 9.69 Å². The first kappa shape index (κ1) is 16.1. The Kier molecular flexibility index (Phi) is 3.57. The standard InChI is InChI=1S/C19H24BrN3O/c1-12(2)23-16(24)19(22-17(23)21)15-10-14(20)7-6-13(15)11-18(19)8-4-3-5-9-18/h6-7,10,12H,3-5,8-9,11H2,1-2H3,(H2,21,22). The summed E-state index contributed by atoms with van der Waals surface area (Å²) in [6.07, 6.45) is 6.62. The molecule has 1 atom stereocenters. The lowest BCUT2D eigenvalue weighted by Gasteiger charge is -2.43. The Morgan fingerprint density at radius 3 is 2.58 bits per heavy atom. The van der Waals surface area contributed by atoms with Gasteiger partial charge in [-0.25, -0.2) is 4.99 Å². The average Bonchev–Trinajstić information content (AvgIpc) is 2.95. The summed E-state index contributed by atoms with van der Waals surface area (Å²) < 4.78 is 0.998. The number of benzene rings is 1. The largest absolute Gasteiger partial charge is 0.369 e. The van der Waals surface area contributed by atoms with E-state index in [1.165, 1.54) is 24.8 Å². The van der Waals surface area contributed by atoms with Crippen LogP contribution in [0.3, 0.4) is 0 Å². The predicted molar refractivity (Wildman–Crippen MR) is 98.6 cm³/mol. The van der Waals surface area contributed by atoms with Gasteiger partial charge in [0.05, 0.1) is 0 Å². The van der Waals surface area contributed by atoms with Gasteiger partial charge in [0.15, 0.2) is 11.5 Å². The van der Waals surface area contributed by atoms with Gasteiger partial charge < -0.3 is 5.73 Å². The number of carbonyl (C=O) groups is 1. The van der Waals surface area contributed by atoms with Gasteiger partial charge in [-0.1, -0.05) is 41.3 Å². The third-order valence-electron chi connectivity index (χ3n) is 6.14. The van der Waals surface area contributed by atoms with Crippen LogP contribution < -0.4 is 5.73 Å². The fourth-order valence-electron chi connectivity index (χ4n) is 5.16. The molecule has 4 rings (SSSR count). The van der Waals surface area contributed by atoms with Gasteiger partial charge in [0.25, 0.3) is 5.91 Å². The van der Waals surface area contributed by atoms with Crippen LogP contribution in [0.15, 0.2) is 27.7 Å². The van der Waals surface area contributed by atoms with Crippen molar-refractivity contribution in [2.75, 3.05) is 0 Å². The molecule has 1 aromatic carbocycles. The number of halogens is 1. The zero-order valence-corrected chi connectivity index (χ0v) is 15.9. The number of rotatable bonds is 1.